The van der Waals surface area contributed by atoms with E-state index in [1.807, 2.05) is 27.7 Å². The van der Waals surface area contributed by atoms with Crippen molar-refractivity contribution >= 4 is 49.6 Å². The van der Waals surface area contributed by atoms with Crippen LogP contribution in [0.2, 0.25) is 10.0 Å². The monoisotopic (exact) mass is 609 g/mol. The summed E-state index contributed by atoms with van der Waals surface area (Å²) in [6, 6.07) is 11.0. The molecule has 0 spiro atoms. The van der Waals surface area contributed by atoms with Gasteiger partial charge in [-0.1, -0.05) is 37.0 Å². The first-order valence-electron chi connectivity index (χ1n) is 12.5. The van der Waals surface area contributed by atoms with E-state index in [4.69, 9.17) is 23.2 Å². The molecule has 1 heterocycles. The molecule has 2 atom stereocenters. The van der Waals surface area contributed by atoms with Gasteiger partial charge in [-0.25, -0.2) is 8.42 Å². The Morgan fingerprint density at radius 3 is 2.23 bits per heavy atom. The third-order valence-corrected chi connectivity index (χ3v) is 10.9. The second-order valence-electron chi connectivity index (χ2n) is 10.6. The van der Waals surface area contributed by atoms with Gasteiger partial charge >= 0.3 is 0 Å². The number of aryl methyl sites for hydroxylation is 1. The quantitative estimate of drug-likeness (QED) is 0.270. The lowest BCUT2D eigenvalue weighted by Gasteiger charge is -2.24. The maximum Gasteiger partial charge on any atom is 0.250 e. The molecule has 0 N–H and O–H groups in total. The summed E-state index contributed by atoms with van der Waals surface area (Å²) in [5.74, 6) is -0.695. The number of hydrogen-bond acceptors (Lipinski definition) is 5. The molecule has 10 heteroatoms. The average Bonchev–Trinajstić information content (AvgIpc) is 2.85. The van der Waals surface area contributed by atoms with Crippen LogP contribution in [0.25, 0.3) is 11.1 Å². The highest BCUT2D eigenvalue weighted by molar-refractivity contribution is 7.90. The zero-order valence-corrected chi connectivity index (χ0v) is 26.0. The fourth-order valence-corrected chi connectivity index (χ4v) is 6.57. The number of sulfone groups is 1. The molecule has 39 heavy (non-hydrogen) atoms. The van der Waals surface area contributed by atoms with Crippen molar-refractivity contribution in [1.29, 1.82) is 0 Å². The van der Waals surface area contributed by atoms with Gasteiger partial charge in [-0.2, -0.15) is 0 Å². The molecule has 0 aliphatic carbocycles. The average molecular weight is 611 g/mol. The van der Waals surface area contributed by atoms with Gasteiger partial charge < -0.3 is 4.57 Å². The number of aromatic nitrogens is 1. The SMILES string of the molecule is CCS(=O)(=O)Cc1cc(-c2cn(C)c(=O)cc2[C@H](C)C[S@@](=O)C(C)(C)C)c(C(=O)c2ccc(Cl)cc2)cc1Cl. The Bertz CT molecular complexity index is 1590. The zero-order valence-electron chi connectivity index (χ0n) is 22.9. The normalized spacial score (nSPS) is 13.7. The molecule has 3 rings (SSSR count). The Morgan fingerprint density at radius 2 is 1.67 bits per heavy atom. The van der Waals surface area contributed by atoms with Crippen LogP contribution in [0.15, 0.2) is 53.5 Å². The van der Waals surface area contributed by atoms with Crippen LogP contribution in [0, 0.1) is 0 Å². The van der Waals surface area contributed by atoms with Crippen LogP contribution in [0.4, 0.5) is 0 Å². The summed E-state index contributed by atoms with van der Waals surface area (Å²) in [6.45, 7) is 9.13. The van der Waals surface area contributed by atoms with Crippen LogP contribution >= 0.6 is 23.2 Å². The number of carbonyl (C=O) groups excluding carboxylic acids is 1. The Hall–Kier alpha value is -2.26. The highest BCUT2D eigenvalue weighted by Crippen LogP contribution is 2.36. The van der Waals surface area contributed by atoms with E-state index < -0.39 is 25.4 Å². The van der Waals surface area contributed by atoms with Crippen molar-refractivity contribution in [2.75, 3.05) is 11.5 Å². The highest BCUT2D eigenvalue weighted by atomic mass is 35.5. The number of nitrogens with zero attached hydrogens (tertiary/aromatic N) is 1. The molecule has 0 aliphatic rings. The molecule has 210 valence electrons. The van der Waals surface area contributed by atoms with Gasteiger partial charge in [-0.05, 0) is 79.8 Å². The van der Waals surface area contributed by atoms with E-state index >= 15 is 0 Å². The van der Waals surface area contributed by atoms with E-state index in [2.05, 4.69) is 0 Å². The van der Waals surface area contributed by atoms with Gasteiger partial charge in [0.15, 0.2) is 15.6 Å². The number of halogens is 2. The topological polar surface area (TPSA) is 90.3 Å². The van der Waals surface area contributed by atoms with Gasteiger partial charge in [-0.15, -0.1) is 0 Å². The van der Waals surface area contributed by atoms with Crippen LogP contribution in [0.5, 0.6) is 0 Å². The second-order valence-corrected chi connectivity index (χ2v) is 16.1. The summed E-state index contributed by atoms with van der Waals surface area (Å²) in [5.41, 5.74) is 2.36. The summed E-state index contributed by atoms with van der Waals surface area (Å²) in [7, 11) is -3.04. The van der Waals surface area contributed by atoms with Gasteiger partial charge in [0.2, 0.25) is 0 Å². The first-order chi connectivity index (χ1) is 18.0. The van der Waals surface area contributed by atoms with E-state index in [0.717, 1.165) is 0 Å². The molecule has 2 aromatic carbocycles. The maximum absolute atomic E-state index is 13.8. The lowest BCUT2D eigenvalue weighted by atomic mass is 9.88. The fourth-order valence-electron chi connectivity index (χ4n) is 4.08. The highest BCUT2D eigenvalue weighted by Gasteiger charge is 2.27. The molecule has 3 aromatic rings. The molecule has 0 fully saturated rings. The van der Waals surface area contributed by atoms with Crippen LogP contribution in [-0.4, -0.2) is 39.2 Å². The summed E-state index contributed by atoms with van der Waals surface area (Å²) >= 11 is 12.6. The Morgan fingerprint density at radius 1 is 1.05 bits per heavy atom. The predicted octanol–water partition coefficient (Wildman–Crippen LogP) is 6.18. The molecule has 6 nitrogen and oxygen atoms in total. The van der Waals surface area contributed by atoms with E-state index in [0.29, 0.717) is 38.6 Å². The van der Waals surface area contributed by atoms with Gasteiger partial charge in [0.1, 0.15) is 0 Å². The van der Waals surface area contributed by atoms with Crippen LogP contribution < -0.4 is 5.56 Å². The Kier molecular flexibility index (Phi) is 9.69. The van der Waals surface area contributed by atoms with Crippen molar-refractivity contribution in [2.24, 2.45) is 7.05 Å². The van der Waals surface area contributed by atoms with Crippen molar-refractivity contribution in [2.45, 2.75) is 51.0 Å². The first-order valence-corrected chi connectivity index (χ1v) is 16.4. The van der Waals surface area contributed by atoms with Crippen LogP contribution in [-0.2, 0) is 33.4 Å². The van der Waals surface area contributed by atoms with E-state index in [1.54, 1.807) is 50.5 Å². The minimum atomic E-state index is -3.44. The fraction of sp³-hybridized carbons (Fsp3) is 0.379. The van der Waals surface area contributed by atoms with Gasteiger partial charge in [0.25, 0.3) is 5.56 Å². The third kappa shape index (κ3) is 7.48. The summed E-state index contributed by atoms with van der Waals surface area (Å²) < 4.78 is 39.0. The summed E-state index contributed by atoms with van der Waals surface area (Å²) in [4.78, 5) is 26.5. The number of hydrogen-bond donors (Lipinski definition) is 0. The molecule has 0 unspecified atom stereocenters. The number of carbonyl (C=O) groups is 1. The largest absolute Gasteiger partial charge is 0.318 e. The van der Waals surface area contributed by atoms with Crippen molar-refractivity contribution in [3.8, 4) is 11.1 Å². The molecule has 0 radical (unpaired) electrons. The smallest absolute Gasteiger partial charge is 0.250 e. The number of benzene rings is 2. The van der Waals surface area contributed by atoms with Gasteiger partial charge in [0, 0.05) is 73.1 Å². The van der Waals surface area contributed by atoms with Crippen molar-refractivity contribution in [1.82, 2.24) is 4.57 Å². The van der Waals surface area contributed by atoms with E-state index in [-0.39, 0.29) is 39.4 Å². The lowest BCUT2D eigenvalue weighted by molar-refractivity contribution is 0.103. The molecule has 0 amide bonds. The third-order valence-electron chi connectivity index (χ3n) is 6.52. The first kappa shape index (κ1) is 31.3. The number of pyridine rings is 1. The molecule has 0 saturated carbocycles. The Balaban J connectivity index is 2.32. The van der Waals surface area contributed by atoms with E-state index in [9.17, 15) is 22.2 Å². The molecule has 0 saturated heterocycles. The second kappa shape index (κ2) is 12.1. The van der Waals surface area contributed by atoms with Crippen LogP contribution in [0.1, 0.15) is 67.6 Å². The summed E-state index contributed by atoms with van der Waals surface area (Å²) in [6.07, 6.45) is 1.63. The molecular formula is C29H33Cl2NO5S2. The standard InChI is InChI=1S/C29H33Cl2NO5S2/c1-7-39(36,37)17-20-12-23(24(13-26(20)31)28(34)19-8-10-21(30)11-9-19)25-15-32(6)27(33)14-22(25)18(2)16-38(35)29(3,4)5/h8-15,18H,7,16-17H2,1-6H3/t18-,38-/m1/s1. The lowest BCUT2D eigenvalue weighted by Crippen LogP contribution is -2.27. The Labute approximate surface area is 242 Å². The molecular weight excluding hydrogens is 577 g/mol. The van der Waals surface area contributed by atoms with Gasteiger partial charge in [-0.3, -0.25) is 13.8 Å². The minimum Gasteiger partial charge on any atom is -0.318 e. The van der Waals surface area contributed by atoms with Crippen LogP contribution in [0.3, 0.4) is 0 Å². The molecule has 0 bridgehead atoms. The molecule has 0 aliphatic heterocycles. The van der Waals surface area contributed by atoms with Gasteiger partial charge in [0.05, 0.1) is 5.75 Å². The predicted molar refractivity (Wildman–Crippen MR) is 161 cm³/mol. The maximum atomic E-state index is 13.8. The number of rotatable bonds is 9. The zero-order chi connectivity index (χ0) is 29.3. The minimum absolute atomic E-state index is 0.0646. The van der Waals surface area contributed by atoms with Crippen molar-refractivity contribution < 1.29 is 17.4 Å². The van der Waals surface area contributed by atoms with Crippen molar-refractivity contribution in [3.63, 3.8) is 0 Å². The summed E-state index contributed by atoms with van der Waals surface area (Å²) in [5, 5.41) is 0.632. The molecule has 1 aromatic heterocycles. The van der Waals surface area contributed by atoms with E-state index in [1.165, 1.54) is 16.7 Å². The van der Waals surface area contributed by atoms with Crippen molar-refractivity contribution in [3.05, 3.63) is 91.3 Å². The number of ketones is 1.